The third kappa shape index (κ3) is 5.01. The van der Waals surface area contributed by atoms with Crippen LogP contribution in [0.4, 0.5) is 10.1 Å². The lowest BCUT2D eigenvalue weighted by atomic mass is 10.1. The summed E-state index contributed by atoms with van der Waals surface area (Å²) in [5.41, 5.74) is 1.82. The van der Waals surface area contributed by atoms with Crippen LogP contribution >= 0.6 is 11.6 Å². The van der Waals surface area contributed by atoms with Crippen LogP contribution < -0.4 is 9.64 Å². The molecule has 9 heteroatoms. The molecule has 1 saturated heterocycles. The molecule has 38 heavy (non-hydrogen) atoms. The van der Waals surface area contributed by atoms with Gasteiger partial charge in [0.05, 0.1) is 16.8 Å². The first-order valence-corrected chi connectivity index (χ1v) is 12.8. The van der Waals surface area contributed by atoms with Crippen LogP contribution in [0.1, 0.15) is 40.1 Å². The lowest BCUT2D eigenvalue weighted by molar-refractivity contribution is -0.139. The van der Waals surface area contributed by atoms with Crippen molar-refractivity contribution in [1.82, 2.24) is 9.80 Å². The van der Waals surface area contributed by atoms with E-state index in [2.05, 4.69) is 11.8 Å². The van der Waals surface area contributed by atoms with Crippen molar-refractivity contribution >= 4 is 35.0 Å². The van der Waals surface area contributed by atoms with Crippen LogP contribution in [0.15, 0.2) is 66.7 Å². The summed E-state index contributed by atoms with van der Waals surface area (Å²) in [6.45, 7) is 5.61. The first kappa shape index (κ1) is 25.9. The highest BCUT2D eigenvalue weighted by Crippen LogP contribution is 2.37. The molecule has 0 N–H and O–H groups in total. The number of fused-ring (bicyclic) bond motifs is 1. The molecular weight excluding hydrogens is 509 g/mol. The fourth-order valence-electron chi connectivity index (χ4n) is 5.01. The third-order valence-electron chi connectivity index (χ3n) is 7.04. The van der Waals surface area contributed by atoms with Crippen LogP contribution in [0, 0.1) is 5.82 Å². The summed E-state index contributed by atoms with van der Waals surface area (Å²) in [6.07, 6.45) is 0. The summed E-state index contributed by atoms with van der Waals surface area (Å²) in [5, 5.41) is 0.329. The van der Waals surface area contributed by atoms with E-state index in [1.807, 2.05) is 6.92 Å². The van der Waals surface area contributed by atoms with Gasteiger partial charge in [0, 0.05) is 36.7 Å². The number of ether oxygens (including phenoxy) is 1. The molecule has 2 aliphatic heterocycles. The second-order valence-corrected chi connectivity index (χ2v) is 10.1. The minimum Gasteiger partial charge on any atom is -0.482 e. The smallest absolute Gasteiger partial charge is 0.266 e. The van der Waals surface area contributed by atoms with Crippen molar-refractivity contribution in [3.63, 3.8) is 0 Å². The first-order valence-electron chi connectivity index (χ1n) is 12.4. The fraction of sp³-hybridized carbons (Fsp3) is 0.276. The molecule has 2 heterocycles. The van der Waals surface area contributed by atoms with E-state index in [0.717, 1.165) is 10.5 Å². The molecular formula is C29H27ClFN3O4. The predicted molar refractivity (Wildman–Crippen MR) is 142 cm³/mol. The summed E-state index contributed by atoms with van der Waals surface area (Å²) >= 11 is 6.20. The number of carbonyl (C=O) groups is 3. The lowest BCUT2D eigenvalue weighted by Gasteiger charge is -2.44. The van der Waals surface area contributed by atoms with Gasteiger partial charge in [0.15, 0.2) is 6.61 Å². The van der Waals surface area contributed by atoms with Crippen LogP contribution in [0.25, 0.3) is 0 Å². The number of nitrogens with zero attached hydrogens (tertiary/aromatic N) is 3. The normalized spacial score (nSPS) is 19.6. The van der Waals surface area contributed by atoms with E-state index in [1.165, 1.54) is 18.2 Å². The molecule has 2 aliphatic rings. The van der Waals surface area contributed by atoms with Gasteiger partial charge in [-0.2, -0.15) is 0 Å². The maximum Gasteiger partial charge on any atom is 0.266 e. The van der Waals surface area contributed by atoms with Crippen molar-refractivity contribution in [3.05, 3.63) is 94.3 Å². The summed E-state index contributed by atoms with van der Waals surface area (Å²) in [6, 6.07) is 17.7. The Bertz CT molecular complexity index is 1360. The molecule has 0 bridgehead atoms. The van der Waals surface area contributed by atoms with Gasteiger partial charge in [0.25, 0.3) is 17.7 Å². The number of amides is 3. The largest absolute Gasteiger partial charge is 0.482 e. The van der Waals surface area contributed by atoms with Crippen molar-refractivity contribution in [2.24, 2.45) is 0 Å². The topological polar surface area (TPSA) is 70.2 Å². The second kappa shape index (κ2) is 10.6. The minimum atomic E-state index is -0.469. The Labute approximate surface area is 225 Å². The van der Waals surface area contributed by atoms with E-state index in [4.69, 9.17) is 16.3 Å². The van der Waals surface area contributed by atoms with E-state index < -0.39 is 11.8 Å². The molecule has 0 saturated carbocycles. The summed E-state index contributed by atoms with van der Waals surface area (Å²) < 4.78 is 19.1. The molecule has 196 valence electrons. The molecule has 0 aliphatic carbocycles. The molecule has 1 fully saturated rings. The monoisotopic (exact) mass is 535 g/mol. The maximum absolute atomic E-state index is 13.3. The molecule has 0 unspecified atom stereocenters. The Hall–Kier alpha value is -3.75. The van der Waals surface area contributed by atoms with Gasteiger partial charge in [0.1, 0.15) is 11.6 Å². The van der Waals surface area contributed by atoms with Gasteiger partial charge in [-0.25, -0.2) is 9.29 Å². The van der Waals surface area contributed by atoms with E-state index in [0.29, 0.717) is 35.8 Å². The number of hydrogen-bond donors (Lipinski definition) is 0. The van der Waals surface area contributed by atoms with E-state index in [-0.39, 0.29) is 41.9 Å². The Kier molecular flexibility index (Phi) is 7.19. The van der Waals surface area contributed by atoms with Crippen molar-refractivity contribution in [2.75, 3.05) is 24.6 Å². The summed E-state index contributed by atoms with van der Waals surface area (Å²) in [7, 11) is 0. The number of benzene rings is 3. The van der Waals surface area contributed by atoms with Crippen LogP contribution in [0.2, 0.25) is 5.02 Å². The van der Waals surface area contributed by atoms with Crippen molar-refractivity contribution in [1.29, 1.82) is 0 Å². The van der Waals surface area contributed by atoms with Gasteiger partial charge >= 0.3 is 0 Å². The number of carbonyl (C=O) groups excluding carboxylic acids is 3. The average molecular weight is 536 g/mol. The zero-order chi connectivity index (χ0) is 27.0. The standard InChI is InChI=1S/C29H27ClFN3O4/c1-18-15-33(19(2)14-32(18)16-20-7-10-22(31)11-8-20)27(35)17-38-26-12-9-21(30)13-25(26)34-28(36)23-5-3-4-6-24(23)29(34)37/h3-13,18-19H,14-17H2,1-2H3/t18-,19+/m1/s1. The van der Waals surface area contributed by atoms with Crippen molar-refractivity contribution in [3.8, 4) is 5.75 Å². The number of imide groups is 1. The quantitative estimate of drug-likeness (QED) is 0.425. The van der Waals surface area contributed by atoms with Gasteiger partial charge in [-0.05, 0) is 61.9 Å². The van der Waals surface area contributed by atoms with Crippen molar-refractivity contribution in [2.45, 2.75) is 32.5 Å². The molecule has 7 nitrogen and oxygen atoms in total. The van der Waals surface area contributed by atoms with Gasteiger partial charge in [-0.15, -0.1) is 0 Å². The van der Waals surface area contributed by atoms with Crippen molar-refractivity contribution < 1.29 is 23.5 Å². The number of halogens is 2. The molecule has 5 rings (SSSR count). The Balaban J connectivity index is 1.27. The summed E-state index contributed by atoms with van der Waals surface area (Å²) in [5.74, 6) is -1.19. The molecule has 3 amide bonds. The van der Waals surface area contributed by atoms with Gasteiger partial charge in [-0.3, -0.25) is 19.3 Å². The molecule has 0 aromatic heterocycles. The number of hydrogen-bond acceptors (Lipinski definition) is 5. The third-order valence-corrected chi connectivity index (χ3v) is 7.28. The Morgan fingerprint density at radius 1 is 0.947 bits per heavy atom. The van der Waals surface area contributed by atoms with Gasteiger partial charge < -0.3 is 9.64 Å². The molecule has 2 atom stereocenters. The molecule has 3 aromatic rings. The average Bonchev–Trinajstić information content (AvgIpc) is 3.16. The summed E-state index contributed by atoms with van der Waals surface area (Å²) in [4.78, 5) is 44.3. The molecule has 0 spiro atoms. The predicted octanol–water partition coefficient (Wildman–Crippen LogP) is 4.78. The van der Waals surface area contributed by atoms with Crippen LogP contribution in [0.5, 0.6) is 5.75 Å². The number of anilines is 1. The fourth-order valence-corrected chi connectivity index (χ4v) is 5.17. The van der Waals surface area contributed by atoms with E-state index in [1.54, 1.807) is 53.4 Å². The molecule has 0 radical (unpaired) electrons. The lowest BCUT2D eigenvalue weighted by Crippen LogP contribution is -2.58. The van der Waals surface area contributed by atoms with E-state index >= 15 is 0 Å². The number of piperazine rings is 1. The van der Waals surface area contributed by atoms with Crippen LogP contribution in [-0.4, -0.2) is 59.3 Å². The Morgan fingerprint density at radius 2 is 1.61 bits per heavy atom. The van der Waals surface area contributed by atoms with Gasteiger partial charge in [-0.1, -0.05) is 35.9 Å². The van der Waals surface area contributed by atoms with Crippen LogP contribution in [0.3, 0.4) is 0 Å². The zero-order valence-corrected chi connectivity index (χ0v) is 21.8. The SMILES string of the molecule is C[C@@H]1CN(C(=O)COc2ccc(Cl)cc2N2C(=O)c3ccccc3C2=O)[C@@H](C)CN1Cc1ccc(F)cc1. The first-order chi connectivity index (χ1) is 18.2. The highest BCUT2D eigenvalue weighted by Gasteiger charge is 2.38. The number of rotatable bonds is 6. The molecule has 3 aromatic carbocycles. The van der Waals surface area contributed by atoms with Crippen LogP contribution in [-0.2, 0) is 11.3 Å². The maximum atomic E-state index is 13.3. The van der Waals surface area contributed by atoms with E-state index in [9.17, 15) is 18.8 Å². The second-order valence-electron chi connectivity index (χ2n) is 9.69. The Morgan fingerprint density at radius 3 is 2.26 bits per heavy atom. The highest BCUT2D eigenvalue weighted by molar-refractivity contribution is 6.36. The zero-order valence-electron chi connectivity index (χ0n) is 21.1. The minimum absolute atomic E-state index is 0.0660. The highest BCUT2D eigenvalue weighted by atomic mass is 35.5. The van der Waals surface area contributed by atoms with Gasteiger partial charge in [0.2, 0.25) is 0 Å².